The second kappa shape index (κ2) is 4.08. The third-order valence-electron chi connectivity index (χ3n) is 1.92. The lowest BCUT2D eigenvalue weighted by molar-refractivity contribution is 0.414. The zero-order valence-corrected chi connectivity index (χ0v) is 9.33. The van der Waals surface area contributed by atoms with Gasteiger partial charge in [0, 0.05) is 6.07 Å². The van der Waals surface area contributed by atoms with E-state index in [2.05, 4.69) is 10.2 Å². The first kappa shape index (κ1) is 10.3. The Labute approximate surface area is 96.4 Å². The van der Waals surface area contributed by atoms with E-state index in [4.69, 9.17) is 27.9 Å². The van der Waals surface area contributed by atoms with Crippen LogP contribution in [-0.2, 0) is 0 Å². The molecule has 4 nitrogen and oxygen atoms in total. The first-order valence-electron chi connectivity index (χ1n) is 4.12. The van der Waals surface area contributed by atoms with Crippen molar-refractivity contribution in [2.45, 2.75) is 0 Å². The topological polar surface area (TPSA) is 39.9 Å². The van der Waals surface area contributed by atoms with E-state index in [0.29, 0.717) is 16.5 Å². The van der Waals surface area contributed by atoms with Gasteiger partial charge in [-0.2, -0.15) is 0 Å². The van der Waals surface area contributed by atoms with Crippen molar-refractivity contribution in [2.75, 3.05) is 7.11 Å². The van der Waals surface area contributed by atoms with Crippen molar-refractivity contribution in [1.29, 1.82) is 0 Å². The number of hydrogen-bond acceptors (Lipinski definition) is 3. The maximum Gasteiger partial charge on any atom is 0.229 e. The number of benzene rings is 1. The van der Waals surface area contributed by atoms with Crippen molar-refractivity contribution in [3.8, 4) is 11.4 Å². The summed E-state index contributed by atoms with van der Waals surface area (Å²) in [7, 11) is 1.58. The van der Waals surface area contributed by atoms with Crippen molar-refractivity contribution < 1.29 is 4.74 Å². The fourth-order valence-corrected chi connectivity index (χ4v) is 1.57. The van der Waals surface area contributed by atoms with Gasteiger partial charge < -0.3 is 4.74 Å². The highest BCUT2D eigenvalue weighted by atomic mass is 35.5. The third kappa shape index (κ3) is 1.91. The molecule has 0 radical (unpaired) electrons. The minimum Gasteiger partial charge on any atom is -0.497 e. The standard InChI is InChI=1S/C9H7Cl2N3O/c1-15-6-2-3-7(10)8(4-6)14-5-12-13-9(14)11/h2-5H,1H3. The number of ether oxygens (including phenoxy) is 1. The summed E-state index contributed by atoms with van der Waals surface area (Å²) in [5, 5.41) is 8.15. The van der Waals surface area contributed by atoms with Crippen LogP contribution in [0.25, 0.3) is 5.69 Å². The Bertz CT molecular complexity index is 484. The molecule has 6 heteroatoms. The first-order chi connectivity index (χ1) is 7.22. The van der Waals surface area contributed by atoms with E-state index in [9.17, 15) is 0 Å². The molecule has 2 aromatic rings. The Hall–Kier alpha value is -1.26. The molecule has 78 valence electrons. The average molecular weight is 244 g/mol. The van der Waals surface area contributed by atoms with Gasteiger partial charge in [-0.25, -0.2) is 0 Å². The first-order valence-corrected chi connectivity index (χ1v) is 4.87. The van der Waals surface area contributed by atoms with Gasteiger partial charge in [-0.05, 0) is 23.7 Å². The van der Waals surface area contributed by atoms with Crippen LogP contribution in [0.4, 0.5) is 0 Å². The second-order valence-electron chi connectivity index (χ2n) is 2.79. The number of nitrogens with zero attached hydrogens (tertiary/aromatic N) is 3. The largest absolute Gasteiger partial charge is 0.497 e. The number of methoxy groups -OCH3 is 1. The summed E-state index contributed by atoms with van der Waals surface area (Å²) in [5.74, 6) is 0.694. The molecule has 0 atom stereocenters. The summed E-state index contributed by atoms with van der Waals surface area (Å²) in [5.41, 5.74) is 0.686. The van der Waals surface area contributed by atoms with Gasteiger partial charge >= 0.3 is 0 Å². The Morgan fingerprint density at radius 2 is 2.13 bits per heavy atom. The molecule has 0 saturated heterocycles. The summed E-state index contributed by atoms with van der Waals surface area (Å²) >= 11 is 11.9. The van der Waals surface area contributed by atoms with Gasteiger partial charge in [-0.1, -0.05) is 11.6 Å². The summed E-state index contributed by atoms with van der Waals surface area (Å²) in [6.45, 7) is 0. The van der Waals surface area contributed by atoms with Gasteiger partial charge in [0.25, 0.3) is 0 Å². The molecular formula is C9H7Cl2N3O. The predicted molar refractivity (Wildman–Crippen MR) is 57.9 cm³/mol. The maximum absolute atomic E-state index is 6.03. The smallest absolute Gasteiger partial charge is 0.229 e. The van der Waals surface area contributed by atoms with E-state index < -0.39 is 0 Å². The summed E-state index contributed by atoms with van der Waals surface area (Å²) in [6.07, 6.45) is 1.49. The molecule has 0 unspecified atom stereocenters. The zero-order chi connectivity index (χ0) is 10.8. The van der Waals surface area contributed by atoms with Crippen LogP contribution in [0.3, 0.4) is 0 Å². The van der Waals surface area contributed by atoms with Crippen LogP contribution in [0, 0.1) is 0 Å². The Kier molecular flexibility index (Phi) is 2.79. The van der Waals surface area contributed by atoms with Gasteiger partial charge in [-0.3, -0.25) is 4.57 Å². The van der Waals surface area contributed by atoms with E-state index in [0.717, 1.165) is 0 Å². The van der Waals surface area contributed by atoms with Gasteiger partial charge in [-0.15, -0.1) is 10.2 Å². The number of rotatable bonds is 2. The van der Waals surface area contributed by atoms with Gasteiger partial charge in [0.2, 0.25) is 5.28 Å². The van der Waals surface area contributed by atoms with E-state index in [1.165, 1.54) is 6.33 Å². The Balaban J connectivity index is 2.56. The van der Waals surface area contributed by atoms with Crippen LogP contribution in [0.5, 0.6) is 5.75 Å². The highest BCUT2D eigenvalue weighted by Crippen LogP contribution is 2.26. The van der Waals surface area contributed by atoms with E-state index >= 15 is 0 Å². The zero-order valence-electron chi connectivity index (χ0n) is 7.82. The average Bonchev–Trinajstić information content (AvgIpc) is 2.65. The van der Waals surface area contributed by atoms with Gasteiger partial charge in [0.15, 0.2) is 0 Å². The number of hydrogen-bond donors (Lipinski definition) is 0. The molecule has 1 aromatic heterocycles. The molecule has 0 amide bonds. The molecule has 0 N–H and O–H groups in total. The molecule has 0 aliphatic carbocycles. The molecule has 2 rings (SSSR count). The van der Waals surface area contributed by atoms with Gasteiger partial charge in [0.05, 0.1) is 17.8 Å². The molecule has 0 saturated carbocycles. The van der Waals surface area contributed by atoms with Crippen LogP contribution >= 0.6 is 23.2 Å². The molecular weight excluding hydrogens is 237 g/mol. The SMILES string of the molecule is COc1ccc(Cl)c(-n2cnnc2Cl)c1. The van der Waals surface area contributed by atoms with Crippen LogP contribution in [-0.4, -0.2) is 21.9 Å². The summed E-state index contributed by atoms with van der Waals surface area (Å²) in [4.78, 5) is 0. The molecule has 0 aliphatic heterocycles. The third-order valence-corrected chi connectivity index (χ3v) is 2.50. The van der Waals surface area contributed by atoms with Crippen molar-refractivity contribution >= 4 is 23.2 Å². The molecule has 1 heterocycles. The molecule has 1 aromatic carbocycles. The molecule has 15 heavy (non-hydrogen) atoms. The lowest BCUT2D eigenvalue weighted by atomic mass is 10.3. The van der Waals surface area contributed by atoms with E-state index in [1.54, 1.807) is 29.9 Å². The predicted octanol–water partition coefficient (Wildman–Crippen LogP) is 2.58. The second-order valence-corrected chi connectivity index (χ2v) is 3.53. The minimum atomic E-state index is 0.255. The normalized spacial score (nSPS) is 10.3. The van der Waals surface area contributed by atoms with E-state index in [-0.39, 0.29) is 5.28 Å². The quantitative estimate of drug-likeness (QED) is 0.815. The lowest BCUT2D eigenvalue weighted by Crippen LogP contribution is -1.94. The monoisotopic (exact) mass is 243 g/mol. The Morgan fingerprint density at radius 1 is 1.33 bits per heavy atom. The minimum absolute atomic E-state index is 0.255. The highest BCUT2D eigenvalue weighted by Gasteiger charge is 2.08. The van der Waals surface area contributed by atoms with Crippen LogP contribution in [0.15, 0.2) is 24.5 Å². The summed E-state index contributed by atoms with van der Waals surface area (Å²) in [6, 6.07) is 5.26. The highest BCUT2D eigenvalue weighted by molar-refractivity contribution is 6.33. The van der Waals surface area contributed by atoms with Crippen LogP contribution in [0.1, 0.15) is 0 Å². The summed E-state index contributed by atoms with van der Waals surface area (Å²) < 4.78 is 6.67. The van der Waals surface area contributed by atoms with E-state index in [1.807, 2.05) is 0 Å². The fraction of sp³-hybridized carbons (Fsp3) is 0.111. The van der Waals surface area contributed by atoms with Crippen LogP contribution in [0.2, 0.25) is 10.3 Å². The van der Waals surface area contributed by atoms with Crippen molar-refractivity contribution in [1.82, 2.24) is 14.8 Å². The van der Waals surface area contributed by atoms with Crippen molar-refractivity contribution in [3.63, 3.8) is 0 Å². The maximum atomic E-state index is 6.03. The number of aromatic nitrogens is 3. The lowest BCUT2D eigenvalue weighted by Gasteiger charge is -2.07. The molecule has 0 spiro atoms. The van der Waals surface area contributed by atoms with Crippen molar-refractivity contribution in [2.24, 2.45) is 0 Å². The van der Waals surface area contributed by atoms with Gasteiger partial charge in [0.1, 0.15) is 12.1 Å². The Morgan fingerprint density at radius 3 is 2.73 bits per heavy atom. The fourth-order valence-electron chi connectivity index (χ4n) is 1.19. The molecule has 0 fully saturated rings. The molecule has 0 aliphatic rings. The molecule has 0 bridgehead atoms. The van der Waals surface area contributed by atoms with Crippen molar-refractivity contribution in [3.05, 3.63) is 34.8 Å². The number of halogens is 2. The van der Waals surface area contributed by atoms with Crippen LogP contribution < -0.4 is 4.74 Å².